The lowest BCUT2D eigenvalue weighted by molar-refractivity contribution is -0.133. The van der Waals surface area contributed by atoms with Gasteiger partial charge >= 0.3 is 5.97 Å². The normalized spacial score (nSPS) is 9.86. The summed E-state index contributed by atoms with van der Waals surface area (Å²) in [6.07, 6.45) is 0. The van der Waals surface area contributed by atoms with Gasteiger partial charge in [-0.1, -0.05) is 11.6 Å². The quantitative estimate of drug-likeness (QED) is 0.811. The van der Waals surface area contributed by atoms with Gasteiger partial charge < -0.3 is 9.29 Å². The van der Waals surface area contributed by atoms with Crippen molar-refractivity contribution in [1.29, 1.82) is 0 Å². The van der Waals surface area contributed by atoms with Crippen LogP contribution in [0.25, 0.3) is 0 Å². The Kier molecular flexibility index (Phi) is 4.10. The smallest absolute Gasteiger partial charge is 0.316 e. The van der Waals surface area contributed by atoms with Gasteiger partial charge in [0, 0.05) is 5.02 Å². The van der Waals surface area contributed by atoms with Crippen LogP contribution in [0.4, 0.5) is 0 Å². The Bertz CT molecular complexity index is 341. The molecule has 0 radical (unpaired) electrons. The molecule has 0 aliphatic rings. The SMILES string of the molecule is Cc1cc(Cl)ccc1OSCC(=O)O. The summed E-state index contributed by atoms with van der Waals surface area (Å²) in [4.78, 5) is 10.2. The van der Waals surface area contributed by atoms with Gasteiger partial charge in [-0.25, -0.2) is 0 Å². The van der Waals surface area contributed by atoms with Gasteiger partial charge in [0.25, 0.3) is 0 Å². The van der Waals surface area contributed by atoms with E-state index in [1.807, 2.05) is 6.92 Å². The Morgan fingerprint density at radius 2 is 2.36 bits per heavy atom. The van der Waals surface area contributed by atoms with E-state index in [2.05, 4.69) is 0 Å². The van der Waals surface area contributed by atoms with Gasteiger partial charge in [0.1, 0.15) is 11.5 Å². The van der Waals surface area contributed by atoms with Crippen LogP contribution in [0.5, 0.6) is 5.75 Å². The molecule has 0 aromatic heterocycles. The first-order chi connectivity index (χ1) is 6.59. The summed E-state index contributed by atoms with van der Waals surface area (Å²) in [6.45, 7) is 1.85. The maximum atomic E-state index is 10.2. The fraction of sp³-hybridized carbons (Fsp3) is 0.222. The van der Waals surface area contributed by atoms with E-state index in [0.717, 1.165) is 17.6 Å². The lowest BCUT2D eigenvalue weighted by atomic mass is 10.2. The maximum absolute atomic E-state index is 10.2. The minimum absolute atomic E-state index is 0.0813. The van der Waals surface area contributed by atoms with E-state index in [9.17, 15) is 4.79 Å². The first kappa shape index (κ1) is 11.2. The highest BCUT2D eigenvalue weighted by Gasteiger charge is 2.03. The zero-order valence-corrected chi connectivity index (χ0v) is 9.06. The molecule has 0 heterocycles. The van der Waals surface area contributed by atoms with Crippen molar-refractivity contribution < 1.29 is 14.1 Å². The Labute approximate surface area is 91.2 Å². The van der Waals surface area contributed by atoms with Gasteiger partial charge in [-0.2, -0.15) is 0 Å². The summed E-state index contributed by atoms with van der Waals surface area (Å²) in [6, 6.07) is 5.18. The third-order valence-corrected chi connectivity index (χ3v) is 2.37. The van der Waals surface area contributed by atoms with Crippen LogP contribution in [0.15, 0.2) is 18.2 Å². The van der Waals surface area contributed by atoms with E-state index in [1.54, 1.807) is 18.2 Å². The fourth-order valence-corrected chi connectivity index (χ4v) is 1.55. The number of hydrogen-bond donors (Lipinski definition) is 1. The first-order valence-electron chi connectivity index (χ1n) is 3.87. The second-order valence-corrected chi connectivity index (χ2v) is 3.78. The van der Waals surface area contributed by atoms with Gasteiger partial charge in [0.15, 0.2) is 0 Å². The lowest BCUT2D eigenvalue weighted by Crippen LogP contribution is -1.99. The van der Waals surface area contributed by atoms with E-state index in [1.165, 1.54) is 0 Å². The molecule has 14 heavy (non-hydrogen) atoms. The molecule has 0 saturated carbocycles. The minimum Gasteiger partial charge on any atom is -0.481 e. The van der Waals surface area contributed by atoms with Crippen LogP contribution in [0.3, 0.4) is 0 Å². The first-order valence-corrected chi connectivity index (χ1v) is 5.16. The highest BCUT2D eigenvalue weighted by atomic mass is 35.5. The summed E-state index contributed by atoms with van der Waals surface area (Å²) in [5, 5.41) is 9.02. The molecule has 0 aliphatic heterocycles. The number of benzene rings is 1. The van der Waals surface area contributed by atoms with E-state index < -0.39 is 5.97 Å². The van der Waals surface area contributed by atoms with Crippen molar-refractivity contribution in [3.05, 3.63) is 28.8 Å². The van der Waals surface area contributed by atoms with E-state index >= 15 is 0 Å². The molecule has 1 aromatic carbocycles. The van der Waals surface area contributed by atoms with Crippen molar-refractivity contribution in [2.45, 2.75) is 6.92 Å². The predicted octanol–water partition coefficient (Wildman–Crippen LogP) is 2.76. The molecule has 1 rings (SSSR count). The summed E-state index contributed by atoms with van der Waals surface area (Å²) in [5.74, 6) is -0.343. The third-order valence-electron chi connectivity index (χ3n) is 1.47. The topological polar surface area (TPSA) is 46.5 Å². The molecule has 0 fully saturated rings. The van der Waals surface area contributed by atoms with Crippen molar-refractivity contribution >= 4 is 29.6 Å². The van der Waals surface area contributed by atoms with Crippen molar-refractivity contribution in [2.24, 2.45) is 0 Å². The van der Waals surface area contributed by atoms with Crippen molar-refractivity contribution in [3.8, 4) is 5.75 Å². The van der Waals surface area contributed by atoms with E-state index in [4.69, 9.17) is 20.9 Å². The van der Waals surface area contributed by atoms with Gasteiger partial charge in [0.2, 0.25) is 0 Å². The number of rotatable bonds is 4. The number of carbonyl (C=O) groups is 1. The molecular weight excluding hydrogens is 224 g/mol. The molecule has 0 bridgehead atoms. The molecule has 0 atom stereocenters. The van der Waals surface area contributed by atoms with Crippen LogP contribution in [0, 0.1) is 6.92 Å². The summed E-state index contributed by atoms with van der Waals surface area (Å²) < 4.78 is 5.18. The fourth-order valence-electron chi connectivity index (χ4n) is 0.850. The zero-order chi connectivity index (χ0) is 10.6. The van der Waals surface area contributed by atoms with Crippen LogP contribution >= 0.6 is 23.6 Å². The number of halogens is 1. The second kappa shape index (κ2) is 5.12. The van der Waals surface area contributed by atoms with Gasteiger partial charge in [-0.05, 0) is 30.7 Å². The van der Waals surface area contributed by atoms with Gasteiger partial charge in [0.05, 0.1) is 12.0 Å². The Morgan fingerprint density at radius 1 is 1.64 bits per heavy atom. The molecule has 0 saturated heterocycles. The van der Waals surface area contributed by atoms with Crippen LogP contribution < -0.4 is 4.18 Å². The molecule has 3 nitrogen and oxygen atoms in total. The molecule has 5 heteroatoms. The van der Waals surface area contributed by atoms with E-state index in [-0.39, 0.29) is 5.75 Å². The number of hydrogen-bond acceptors (Lipinski definition) is 3. The molecule has 1 N–H and O–H groups in total. The van der Waals surface area contributed by atoms with Crippen LogP contribution in [0.1, 0.15) is 5.56 Å². The second-order valence-electron chi connectivity index (χ2n) is 2.65. The Morgan fingerprint density at radius 3 is 2.93 bits per heavy atom. The molecule has 76 valence electrons. The summed E-state index contributed by atoms with van der Waals surface area (Å²) >= 11 is 6.64. The largest absolute Gasteiger partial charge is 0.481 e. The van der Waals surface area contributed by atoms with Crippen LogP contribution in [-0.2, 0) is 4.79 Å². The third kappa shape index (κ3) is 3.47. The number of carboxylic acids is 1. The summed E-state index contributed by atoms with van der Waals surface area (Å²) in [7, 11) is 0. The minimum atomic E-state index is -0.901. The monoisotopic (exact) mass is 232 g/mol. The summed E-state index contributed by atoms with van der Waals surface area (Å²) in [5.41, 5.74) is 0.885. The van der Waals surface area contributed by atoms with E-state index in [0.29, 0.717) is 10.8 Å². The average Bonchev–Trinajstić information content (AvgIpc) is 2.08. The van der Waals surface area contributed by atoms with Gasteiger partial charge in [-0.3, -0.25) is 4.79 Å². The van der Waals surface area contributed by atoms with Crippen molar-refractivity contribution in [1.82, 2.24) is 0 Å². The average molecular weight is 233 g/mol. The Hall–Kier alpha value is -0.870. The van der Waals surface area contributed by atoms with Gasteiger partial charge in [-0.15, -0.1) is 0 Å². The molecule has 1 aromatic rings. The van der Waals surface area contributed by atoms with Crippen molar-refractivity contribution in [2.75, 3.05) is 5.75 Å². The molecule has 0 amide bonds. The maximum Gasteiger partial charge on any atom is 0.316 e. The standard InChI is InChI=1S/C9H9ClO3S/c1-6-4-7(10)2-3-8(6)13-14-5-9(11)12/h2-4H,5H2,1H3,(H,11,12). The van der Waals surface area contributed by atoms with Crippen molar-refractivity contribution in [3.63, 3.8) is 0 Å². The number of carboxylic acid groups (broad SMARTS) is 1. The lowest BCUT2D eigenvalue weighted by Gasteiger charge is -2.05. The highest BCUT2D eigenvalue weighted by molar-refractivity contribution is 7.95. The Balaban J connectivity index is 2.55. The predicted molar refractivity (Wildman–Crippen MR) is 56.9 cm³/mol. The molecule has 0 aliphatic carbocycles. The molecule has 0 spiro atoms. The molecule has 0 unspecified atom stereocenters. The number of aliphatic carboxylic acids is 1. The highest BCUT2D eigenvalue weighted by Crippen LogP contribution is 2.24. The number of aryl methyl sites for hydroxylation is 1. The molecular formula is C9H9ClO3S. The van der Waals surface area contributed by atoms with Crippen LogP contribution in [-0.4, -0.2) is 16.8 Å². The van der Waals surface area contributed by atoms with Crippen LogP contribution in [0.2, 0.25) is 5.02 Å². The zero-order valence-electron chi connectivity index (χ0n) is 7.49.